The molecule has 9 heavy (non-hydrogen) atoms. The van der Waals surface area contributed by atoms with Crippen LogP contribution in [-0.4, -0.2) is 4.37 Å². The van der Waals surface area contributed by atoms with Gasteiger partial charge in [-0.3, -0.25) is 0 Å². The molecule has 0 unspecified atom stereocenters. The molecule has 0 amide bonds. The Kier molecular flexibility index (Phi) is 2.05. The van der Waals surface area contributed by atoms with Crippen molar-refractivity contribution >= 4 is 16.5 Å². The third-order valence-corrected chi connectivity index (χ3v) is 1.74. The number of rotatable bonds is 2. The van der Waals surface area contributed by atoms with E-state index in [1.807, 2.05) is 6.07 Å². The molecule has 0 fully saturated rings. The van der Waals surface area contributed by atoms with Gasteiger partial charge in [-0.25, -0.2) is 0 Å². The zero-order valence-electron chi connectivity index (χ0n) is 5.42. The van der Waals surface area contributed by atoms with Crippen molar-refractivity contribution in [3.63, 3.8) is 0 Å². The van der Waals surface area contributed by atoms with Gasteiger partial charge in [-0.05, 0) is 24.0 Å². The predicted octanol–water partition coefficient (Wildman–Crippen LogP) is 1.68. The molecule has 0 aliphatic rings. The lowest BCUT2D eigenvalue weighted by Gasteiger charge is -1.84. The summed E-state index contributed by atoms with van der Waals surface area (Å²) in [6, 6.07) is 1.94. The molecule has 1 aromatic rings. The third kappa shape index (κ3) is 1.68. The first kappa shape index (κ1) is 6.55. The number of hydrogen-bond donors (Lipinski definition) is 1. The Balaban J connectivity index is 2.61. The second kappa shape index (κ2) is 2.82. The lowest BCUT2D eigenvalue weighted by Crippen LogP contribution is -1.80. The van der Waals surface area contributed by atoms with Crippen LogP contribution in [0.5, 0.6) is 0 Å². The molecule has 3 heteroatoms. The summed E-state index contributed by atoms with van der Waals surface area (Å²) < 4.78 is 4.12. The Morgan fingerprint density at radius 3 is 3.00 bits per heavy atom. The number of anilines is 1. The SMILES string of the molecule is CCCc1cc(N)sn1. The van der Waals surface area contributed by atoms with Crippen molar-refractivity contribution in [1.82, 2.24) is 4.37 Å². The highest BCUT2D eigenvalue weighted by molar-refractivity contribution is 7.09. The highest BCUT2D eigenvalue weighted by Crippen LogP contribution is 2.12. The van der Waals surface area contributed by atoms with Crippen molar-refractivity contribution < 1.29 is 0 Å². The molecule has 2 N–H and O–H groups in total. The molecule has 1 aromatic heterocycles. The Hall–Kier alpha value is -0.570. The molecular formula is C6H10N2S. The largest absolute Gasteiger partial charge is 0.389 e. The Bertz CT molecular complexity index is 183. The average Bonchev–Trinajstić information content (AvgIpc) is 2.17. The highest BCUT2D eigenvalue weighted by Gasteiger charge is 1.94. The van der Waals surface area contributed by atoms with E-state index >= 15 is 0 Å². The molecule has 0 atom stereocenters. The Morgan fingerprint density at radius 1 is 1.78 bits per heavy atom. The lowest BCUT2D eigenvalue weighted by atomic mass is 10.2. The normalized spacial score (nSPS) is 9.89. The van der Waals surface area contributed by atoms with Crippen LogP contribution < -0.4 is 5.73 Å². The summed E-state index contributed by atoms with van der Waals surface area (Å²) in [6.45, 7) is 2.13. The van der Waals surface area contributed by atoms with E-state index in [1.54, 1.807) is 0 Å². The third-order valence-electron chi connectivity index (χ3n) is 1.08. The monoisotopic (exact) mass is 142 g/mol. The van der Waals surface area contributed by atoms with Crippen molar-refractivity contribution in [2.75, 3.05) is 5.73 Å². The van der Waals surface area contributed by atoms with E-state index in [4.69, 9.17) is 5.73 Å². The minimum Gasteiger partial charge on any atom is -0.389 e. The molecule has 0 radical (unpaired) electrons. The van der Waals surface area contributed by atoms with Crippen LogP contribution >= 0.6 is 11.5 Å². The van der Waals surface area contributed by atoms with Crippen molar-refractivity contribution in [1.29, 1.82) is 0 Å². The van der Waals surface area contributed by atoms with Gasteiger partial charge in [-0.2, -0.15) is 4.37 Å². The van der Waals surface area contributed by atoms with Gasteiger partial charge in [0.2, 0.25) is 0 Å². The van der Waals surface area contributed by atoms with Gasteiger partial charge in [0.25, 0.3) is 0 Å². The zero-order chi connectivity index (χ0) is 6.69. The number of nitrogen functional groups attached to an aromatic ring is 1. The highest BCUT2D eigenvalue weighted by atomic mass is 32.1. The molecule has 50 valence electrons. The molecule has 1 heterocycles. The zero-order valence-corrected chi connectivity index (χ0v) is 6.24. The summed E-state index contributed by atoms with van der Waals surface area (Å²) in [5, 5.41) is 0.818. The summed E-state index contributed by atoms with van der Waals surface area (Å²) in [7, 11) is 0. The van der Waals surface area contributed by atoms with E-state index in [1.165, 1.54) is 11.5 Å². The first-order chi connectivity index (χ1) is 4.33. The van der Waals surface area contributed by atoms with E-state index in [9.17, 15) is 0 Å². The summed E-state index contributed by atoms with van der Waals surface area (Å²) in [6.07, 6.45) is 2.19. The van der Waals surface area contributed by atoms with Crippen molar-refractivity contribution in [2.24, 2.45) is 0 Å². The van der Waals surface area contributed by atoms with Gasteiger partial charge in [0.1, 0.15) is 5.00 Å². The fourth-order valence-electron chi connectivity index (χ4n) is 0.702. The molecule has 0 saturated carbocycles. The van der Waals surface area contributed by atoms with E-state index in [0.29, 0.717) is 0 Å². The minimum absolute atomic E-state index is 0.818. The minimum atomic E-state index is 0.818. The van der Waals surface area contributed by atoms with Gasteiger partial charge in [0.15, 0.2) is 0 Å². The Morgan fingerprint density at radius 2 is 2.56 bits per heavy atom. The molecular weight excluding hydrogens is 132 g/mol. The number of nitrogens with zero attached hydrogens (tertiary/aromatic N) is 1. The van der Waals surface area contributed by atoms with E-state index in [-0.39, 0.29) is 0 Å². The van der Waals surface area contributed by atoms with Crippen LogP contribution in [-0.2, 0) is 6.42 Å². The van der Waals surface area contributed by atoms with Crippen molar-refractivity contribution in [3.8, 4) is 0 Å². The molecule has 0 spiro atoms. The van der Waals surface area contributed by atoms with Crippen LogP contribution in [0.15, 0.2) is 6.07 Å². The molecule has 0 aromatic carbocycles. The van der Waals surface area contributed by atoms with Gasteiger partial charge >= 0.3 is 0 Å². The van der Waals surface area contributed by atoms with Gasteiger partial charge in [0.05, 0.1) is 5.69 Å². The summed E-state index contributed by atoms with van der Waals surface area (Å²) in [5.41, 5.74) is 6.59. The molecule has 0 aliphatic heterocycles. The lowest BCUT2D eigenvalue weighted by molar-refractivity contribution is 0.900. The van der Waals surface area contributed by atoms with Crippen molar-refractivity contribution in [3.05, 3.63) is 11.8 Å². The molecule has 0 bridgehead atoms. The van der Waals surface area contributed by atoms with E-state index in [0.717, 1.165) is 23.5 Å². The van der Waals surface area contributed by atoms with E-state index in [2.05, 4.69) is 11.3 Å². The maximum absolute atomic E-state index is 5.46. The maximum Gasteiger partial charge on any atom is 0.107 e. The van der Waals surface area contributed by atoms with Gasteiger partial charge in [-0.15, -0.1) is 0 Å². The van der Waals surface area contributed by atoms with Crippen LogP contribution in [0.25, 0.3) is 0 Å². The summed E-state index contributed by atoms with van der Waals surface area (Å²) in [5.74, 6) is 0. The van der Waals surface area contributed by atoms with Gasteiger partial charge < -0.3 is 5.73 Å². The van der Waals surface area contributed by atoms with Crippen LogP contribution in [0.2, 0.25) is 0 Å². The van der Waals surface area contributed by atoms with Crippen LogP contribution in [0.1, 0.15) is 19.0 Å². The average molecular weight is 142 g/mol. The first-order valence-electron chi connectivity index (χ1n) is 3.04. The number of aryl methyl sites for hydroxylation is 1. The predicted molar refractivity (Wildman–Crippen MR) is 40.5 cm³/mol. The topological polar surface area (TPSA) is 38.9 Å². The fourth-order valence-corrected chi connectivity index (χ4v) is 1.26. The van der Waals surface area contributed by atoms with Crippen LogP contribution in [0.4, 0.5) is 5.00 Å². The van der Waals surface area contributed by atoms with E-state index < -0.39 is 0 Å². The standard InChI is InChI=1S/C6H10N2S/c1-2-3-5-4-6(7)9-8-5/h4H,2-3,7H2,1H3. The quantitative estimate of drug-likeness (QED) is 0.682. The second-order valence-corrected chi connectivity index (χ2v) is 2.81. The van der Waals surface area contributed by atoms with Crippen LogP contribution in [0.3, 0.4) is 0 Å². The van der Waals surface area contributed by atoms with Gasteiger partial charge in [0, 0.05) is 0 Å². The molecule has 2 nitrogen and oxygen atoms in total. The first-order valence-corrected chi connectivity index (χ1v) is 3.81. The number of hydrogen-bond acceptors (Lipinski definition) is 3. The number of aromatic nitrogens is 1. The van der Waals surface area contributed by atoms with Crippen LogP contribution in [0, 0.1) is 0 Å². The second-order valence-electron chi connectivity index (χ2n) is 1.97. The molecule has 0 aliphatic carbocycles. The van der Waals surface area contributed by atoms with Gasteiger partial charge in [-0.1, -0.05) is 13.3 Å². The van der Waals surface area contributed by atoms with Crippen molar-refractivity contribution in [2.45, 2.75) is 19.8 Å². The molecule has 0 saturated heterocycles. The summed E-state index contributed by atoms with van der Waals surface area (Å²) >= 11 is 1.37. The maximum atomic E-state index is 5.46. The number of nitrogens with two attached hydrogens (primary N) is 1. The summed E-state index contributed by atoms with van der Waals surface area (Å²) in [4.78, 5) is 0. The fraction of sp³-hybridized carbons (Fsp3) is 0.500. The molecule has 1 rings (SSSR count). The Labute approximate surface area is 58.9 Å². The smallest absolute Gasteiger partial charge is 0.107 e.